The molecule has 6 heteroatoms. The topological polar surface area (TPSA) is 46.4 Å². The summed E-state index contributed by atoms with van der Waals surface area (Å²) in [6.07, 6.45) is 0. The zero-order valence-corrected chi connectivity index (χ0v) is 11.7. The first-order valence-electron chi connectivity index (χ1n) is 6.98. The Morgan fingerprint density at radius 2 is 1.95 bits per heavy atom. The molecule has 3 rings (SSSR count). The second-order valence-electron chi connectivity index (χ2n) is 5.16. The molecule has 0 unspecified atom stereocenters. The molecule has 1 saturated heterocycles. The van der Waals surface area contributed by atoms with Gasteiger partial charge >= 0.3 is 5.91 Å². The molecular weight excluding hydrogens is 270 g/mol. The summed E-state index contributed by atoms with van der Waals surface area (Å²) < 4.78 is 10.7. The van der Waals surface area contributed by atoms with Gasteiger partial charge in [0.15, 0.2) is 11.5 Å². The van der Waals surface area contributed by atoms with Crippen LogP contribution in [-0.4, -0.2) is 55.2 Å². The Labute approximate surface area is 123 Å². The van der Waals surface area contributed by atoms with Gasteiger partial charge in [-0.15, -0.1) is 0 Å². The molecule has 0 spiro atoms. The van der Waals surface area contributed by atoms with E-state index in [-0.39, 0.29) is 12.5 Å². The first-order chi connectivity index (χ1) is 10.3. The standard InChI is InChI=1S/C15H17N3O3/c1-16-9-15(19)18-6-4-17(5-7-18)10-12-2-3-13-14(8-12)21-11-20-13/h2-3,8H,4-7,9-11H2. The first-order valence-corrected chi connectivity index (χ1v) is 6.98. The third-order valence-corrected chi connectivity index (χ3v) is 3.78. The van der Waals surface area contributed by atoms with Crippen LogP contribution in [0.1, 0.15) is 5.56 Å². The van der Waals surface area contributed by atoms with Crippen molar-refractivity contribution >= 4 is 5.91 Å². The maximum absolute atomic E-state index is 11.7. The van der Waals surface area contributed by atoms with Crippen LogP contribution in [0.4, 0.5) is 0 Å². The van der Waals surface area contributed by atoms with Crippen molar-refractivity contribution < 1.29 is 14.3 Å². The van der Waals surface area contributed by atoms with Gasteiger partial charge in [-0.25, -0.2) is 6.57 Å². The van der Waals surface area contributed by atoms with Crippen LogP contribution in [0, 0.1) is 6.57 Å². The number of piperazine rings is 1. The summed E-state index contributed by atoms with van der Waals surface area (Å²) in [7, 11) is 0. The number of hydrogen-bond donors (Lipinski definition) is 0. The molecule has 2 aliphatic rings. The summed E-state index contributed by atoms with van der Waals surface area (Å²) in [5.41, 5.74) is 1.18. The number of carbonyl (C=O) groups is 1. The highest BCUT2D eigenvalue weighted by atomic mass is 16.7. The van der Waals surface area contributed by atoms with Crippen molar-refractivity contribution in [2.45, 2.75) is 6.54 Å². The van der Waals surface area contributed by atoms with E-state index >= 15 is 0 Å². The van der Waals surface area contributed by atoms with Crippen LogP contribution >= 0.6 is 0 Å². The lowest BCUT2D eigenvalue weighted by Crippen LogP contribution is -2.48. The minimum Gasteiger partial charge on any atom is -0.454 e. The minimum atomic E-state index is -0.0623. The largest absolute Gasteiger partial charge is 0.454 e. The zero-order valence-electron chi connectivity index (χ0n) is 11.7. The molecule has 1 fully saturated rings. The number of nitrogens with zero attached hydrogens (tertiary/aromatic N) is 3. The molecule has 2 aliphatic heterocycles. The molecule has 0 N–H and O–H groups in total. The van der Waals surface area contributed by atoms with Gasteiger partial charge < -0.3 is 19.2 Å². The summed E-state index contributed by atoms with van der Waals surface area (Å²) in [6, 6.07) is 6.00. The molecule has 0 bridgehead atoms. The van der Waals surface area contributed by atoms with E-state index in [1.165, 1.54) is 5.56 Å². The van der Waals surface area contributed by atoms with E-state index in [1.54, 1.807) is 4.90 Å². The third-order valence-electron chi connectivity index (χ3n) is 3.78. The molecule has 1 aromatic rings. The quantitative estimate of drug-likeness (QED) is 0.778. The second kappa shape index (κ2) is 6.02. The molecule has 1 amide bonds. The number of amides is 1. The van der Waals surface area contributed by atoms with Crippen molar-refractivity contribution in [3.8, 4) is 11.5 Å². The molecule has 0 aliphatic carbocycles. The Morgan fingerprint density at radius 1 is 1.19 bits per heavy atom. The van der Waals surface area contributed by atoms with Crippen molar-refractivity contribution in [3.05, 3.63) is 35.2 Å². The predicted molar refractivity (Wildman–Crippen MR) is 75.9 cm³/mol. The number of fused-ring (bicyclic) bond motifs is 1. The van der Waals surface area contributed by atoms with Crippen LogP contribution in [0.25, 0.3) is 4.85 Å². The highest BCUT2D eigenvalue weighted by Crippen LogP contribution is 2.32. The van der Waals surface area contributed by atoms with Crippen LogP contribution in [-0.2, 0) is 11.3 Å². The second-order valence-corrected chi connectivity index (χ2v) is 5.16. The maximum Gasteiger partial charge on any atom is 0.302 e. The Hall–Kier alpha value is -2.26. The highest BCUT2D eigenvalue weighted by molar-refractivity contribution is 5.79. The molecule has 21 heavy (non-hydrogen) atoms. The Bertz CT molecular complexity index is 574. The fourth-order valence-corrected chi connectivity index (χ4v) is 2.62. The molecule has 0 aromatic heterocycles. The van der Waals surface area contributed by atoms with Crippen LogP contribution in [0.3, 0.4) is 0 Å². The van der Waals surface area contributed by atoms with Crippen LogP contribution in [0.2, 0.25) is 0 Å². The SMILES string of the molecule is [C-]#[N+]CC(=O)N1CCN(Cc2ccc3c(c2)OCO3)CC1. The van der Waals surface area contributed by atoms with E-state index in [4.69, 9.17) is 16.0 Å². The lowest BCUT2D eigenvalue weighted by molar-refractivity contribution is -0.130. The van der Waals surface area contributed by atoms with Crippen molar-refractivity contribution in [1.82, 2.24) is 9.80 Å². The average molecular weight is 287 g/mol. The minimum absolute atomic E-state index is 0.0395. The molecular formula is C15H17N3O3. The van der Waals surface area contributed by atoms with E-state index < -0.39 is 0 Å². The first kappa shape index (κ1) is 13.7. The number of rotatable bonds is 3. The highest BCUT2D eigenvalue weighted by Gasteiger charge is 2.23. The molecule has 0 atom stereocenters. The van der Waals surface area contributed by atoms with Crippen molar-refractivity contribution in [3.63, 3.8) is 0 Å². The average Bonchev–Trinajstić information content (AvgIpc) is 2.96. The van der Waals surface area contributed by atoms with Gasteiger partial charge in [-0.05, 0) is 17.7 Å². The van der Waals surface area contributed by atoms with Gasteiger partial charge in [0.05, 0.1) is 0 Å². The summed E-state index contributed by atoms with van der Waals surface area (Å²) in [5, 5.41) is 0. The lowest BCUT2D eigenvalue weighted by atomic mass is 10.1. The zero-order chi connectivity index (χ0) is 14.7. The Kier molecular flexibility index (Phi) is 3.93. The molecule has 0 saturated carbocycles. The molecule has 110 valence electrons. The molecule has 6 nitrogen and oxygen atoms in total. The van der Waals surface area contributed by atoms with E-state index in [0.717, 1.165) is 31.1 Å². The summed E-state index contributed by atoms with van der Waals surface area (Å²) >= 11 is 0. The van der Waals surface area contributed by atoms with Crippen LogP contribution in [0.5, 0.6) is 11.5 Å². The number of benzene rings is 1. The molecule has 0 radical (unpaired) electrons. The van der Waals surface area contributed by atoms with Gasteiger partial charge in [-0.2, -0.15) is 0 Å². The number of ether oxygens (including phenoxy) is 2. The summed E-state index contributed by atoms with van der Waals surface area (Å²) in [6.45, 7) is 10.9. The van der Waals surface area contributed by atoms with E-state index in [9.17, 15) is 4.79 Å². The monoisotopic (exact) mass is 287 g/mol. The van der Waals surface area contributed by atoms with Gasteiger partial charge in [-0.3, -0.25) is 9.69 Å². The maximum atomic E-state index is 11.7. The van der Waals surface area contributed by atoms with Gasteiger partial charge in [0, 0.05) is 32.7 Å². The van der Waals surface area contributed by atoms with Gasteiger partial charge in [0.1, 0.15) is 0 Å². The van der Waals surface area contributed by atoms with E-state index in [2.05, 4.69) is 9.74 Å². The van der Waals surface area contributed by atoms with E-state index in [0.29, 0.717) is 19.9 Å². The van der Waals surface area contributed by atoms with Crippen LogP contribution < -0.4 is 9.47 Å². The van der Waals surface area contributed by atoms with Crippen LogP contribution in [0.15, 0.2) is 18.2 Å². The Morgan fingerprint density at radius 3 is 2.71 bits per heavy atom. The van der Waals surface area contributed by atoms with E-state index in [1.807, 2.05) is 18.2 Å². The fraction of sp³-hybridized carbons (Fsp3) is 0.467. The smallest absolute Gasteiger partial charge is 0.302 e. The van der Waals surface area contributed by atoms with Gasteiger partial charge in [0.25, 0.3) is 6.54 Å². The molecule has 1 aromatic carbocycles. The van der Waals surface area contributed by atoms with Crippen molar-refractivity contribution in [1.29, 1.82) is 0 Å². The summed E-state index contributed by atoms with van der Waals surface area (Å²) in [5.74, 6) is 1.54. The number of hydrogen-bond acceptors (Lipinski definition) is 4. The summed E-state index contributed by atoms with van der Waals surface area (Å²) in [4.78, 5) is 18.9. The Balaban J connectivity index is 1.54. The lowest BCUT2D eigenvalue weighted by Gasteiger charge is -2.33. The van der Waals surface area contributed by atoms with Gasteiger partial charge in [0.2, 0.25) is 6.79 Å². The normalized spacial score (nSPS) is 17.6. The number of carbonyl (C=O) groups excluding carboxylic acids is 1. The molecule has 2 heterocycles. The van der Waals surface area contributed by atoms with Gasteiger partial charge in [-0.1, -0.05) is 6.07 Å². The third kappa shape index (κ3) is 3.09. The fourth-order valence-electron chi connectivity index (χ4n) is 2.62. The van der Waals surface area contributed by atoms with Crippen molar-refractivity contribution in [2.75, 3.05) is 39.5 Å². The van der Waals surface area contributed by atoms with Crippen molar-refractivity contribution in [2.24, 2.45) is 0 Å². The predicted octanol–water partition coefficient (Wildman–Crippen LogP) is 0.979.